The van der Waals surface area contributed by atoms with Crippen LogP contribution in [-0.2, 0) is 28.9 Å². The second-order valence-electron chi connectivity index (χ2n) is 13.2. The zero-order chi connectivity index (χ0) is 39.0. The first kappa shape index (κ1) is 42.4. The molecule has 6 heteroatoms. The predicted molar refractivity (Wildman–Crippen MR) is 220 cm³/mol. The van der Waals surface area contributed by atoms with Gasteiger partial charge in [0.15, 0.2) is 5.78 Å². The van der Waals surface area contributed by atoms with Gasteiger partial charge < -0.3 is 5.73 Å². The lowest BCUT2D eigenvalue weighted by Crippen LogP contribution is -2.13. The highest BCUT2D eigenvalue weighted by molar-refractivity contribution is 5.94. The molecule has 2 N–H and O–H groups in total. The van der Waals surface area contributed by atoms with Crippen LogP contribution in [0.3, 0.4) is 0 Å². The molecular weight excluding hydrogens is 667 g/mol. The molecule has 6 aromatic rings. The number of carbonyl (C=O) groups is 3. The van der Waals surface area contributed by atoms with Gasteiger partial charge in [-0.2, -0.15) is 0 Å². The Morgan fingerprint density at radius 2 is 0.944 bits per heavy atom. The summed E-state index contributed by atoms with van der Waals surface area (Å²) >= 11 is 0. The topological polar surface area (TPSA) is 103 Å². The number of hydrogen-bond acceptors (Lipinski definition) is 5. The van der Waals surface area contributed by atoms with Crippen molar-refractivity contribution in [3.8, 4) is 0 Å². The number of primary amides is 1. The Labute approximate surface area is 321 Å². The van der Waals surface area contributed by atoms with Crippen LogP contribution < -0.4 is 5.73 Å². The number of carbonyl (C=O) groups excluding carboxylic acids is 3. The van der Waals surface area contributed by atoms with E-state index in [9.17, 15) is 14.4 Å². The van der Waals surface area contributed by atoms with Gasteiger partial charge in [0.2, 0.25) is 5.91 Å². The number of rotatable bonds is 12. The van der Waals surface area contributed by atoms with Crippen molar-refractivity contribution in [1.29, 1.82) is 0 Å². The summed E-state index contributed by atoms with van der Waals surface area (Å²) in [7, 11) is 0. The molecule has 54 heavy (non-hydrogen) atoms. The molecule has 278 valence electrons. The summed E-state index contributed by atoms with van der Waals surface area (Å²) in [5.41, 5.74) is 12.1. The van der Waals surface area contributed by atoms with Crippen LogP contribution in [-0.4, -0.2) is 27.4 Å². The summed E-state index contributed by atoms with van der Waals surface area (Å²) in [5.74, 6) is 0.548. The van der Waals surface area contributed by atoms with Gasteiger partial charge in [-0.1, -0.05) is 172 Å². The third kappa shape index (κ3) is 17.0. The molecule has 0 saturated carbocycles. The number of Topliss-reactive ketones (excluding diaryl/α,β-unsaturated/α-hetero) is 2. The van der Waals surface area contributed by atoms with Gasteiger partial charge in [-0.15, -0.1) is 0 Å². The lowest BCUT2D eigenvalue weighted by atomic mass is 9.93. The molecule has 0 aliphatic rings. The average molecular weight is 720 g/mol. The third-order valence-electron chi connectivity index (χ3n) is 8.55. The van der Waals surface area contributed by atoms with Crippen molar-refractivity contribution in [3.63, 3.8) is 0 Å². The van der Waals surface area contributed by atoms with Gasteiger partial charge in [-0.25, -0.2) is 4.98 Å². The smallest absolute Gasteiger partial charge is 0.221 e. The molecule has 0 aliphatic heterocycles. The lowest BCUT2D eigenvalue weighted by molar-refractivity contribution is -0.119. The number of amides is 1. The number of hydrogen-bond donors (Lipinski definition) is 1. The molecule has 5 aromatic carbocycles. The minimum atomic E-state index is -0.286. The van der Waals surface area contributed by atoms with Crippen molar-refractivity contribution in [2.45, 2.75) is 71.6 Å². The van der Waals surface area contributed by atoms with Crippen LogP contribution >= 0.6 is 0 Å². The molecule has 0 saturated heterocycles. The lowest BCUT2D eigenvalue weighted by Gasteiger charge is -2.10. The summed E-state index contributed by atoms with van der Waals surface area (Å²) in [6.45, 7) is 8.18. The maximum absolute atomic E-state index is 12.0. The van der Waals surface area contributed by atoms with Crippen LogP contribution in [0.2, 0.25) is 0 Å². The van der Waals surface area contributed by atoms with Gasteiger partial charge in [-0.05, 0) is 53.0 Å². The first-order valence-electron chi connectivity index (χ1n) is 18.5. The number of ketones is 2. The number of benzene rings is 5. The Morgan fingerprint density at radius 3 is 1.33 bits per heavy atom. The summed E-state index contributed by atoms with van der Waals surface area (Å²) < 4.78 is 0. The van der Waals surface area contributed by atoms with Crippen LogP contribution in [0.4, 0.5) is 0 Å². The van der Waals surface area contributed by atoms with Gasteiger partial charge in [-0.3, -0.25) is 19.4 Å². The molecule has 2 atom stereocenters. The normalized spacial score (nSPS) is 11.1. The maximum Gasteiger partial charge on any atom is 0.221 e. The monoisotopic (exact) mass is 719 g/mol. The summed E-state index contributed by atoms with van der Waals surface area (Å²) in [4.78, 5) is 42.6. The molecule has 0 fully saturated rings. The molecule has 0 unspecified atom stereocenters. The summed E-state index contributed by atoms with van der Waals surface area (Å²) in [5, 5.41) is 0. The molecule has 0 radical (unpaired) electrons. The molecule has 6 rings (SSSR count). The van der Waals surface area contributed by atoms with E-state index < -0.39 is 0 Å². The quantitative estimate of drug-likeness (QED) is 0.127. The Kier molecular flexibility index (Phi) is 19.1. The van der Waals surface area contributed by atoms with E-state index in [0.29, 0.717) is 43.1 Å². The van der Waals surface area contributed by atoms with E-state index in [0.717, 1.165) is 23.2 Å². The highest BCUT2D eigenvalue weighted by Crippen LogP contribution is 2.21. The van der Waals surface area contributed by atoms with Crippen LogP contribution in [0.1, 0.15) is 89.4 Å². The zero-order valence-electron chi connectivity index (χ0n) is 32.0. The van der Waals surface area contributed by atoms with Crippen LogP contribution in [0.25, 0.3) is 0 Å². The van der Waals surface area contributed by atoms with Crippen LogP contribution in [0.5, 0.6) is 0 Å². The van der Waals surface area contributed by atoms with E-state index in [-0.39, 0.29) is 17.6 Å². The van der Waals surface area contributed by atoms with Gasteiger partial charge in [0.05, 0.1) is 18.3 Å². The summed E-state index contributed by atoms with van der Waals surface area (Å²) in [6, 6.07) is 50.1. The molecule has 1 aromatic heterocycles. The maximum atomic E-state index is 12.0. The highest BCUT2D eigenvalue weighted by Gasteiger charge is 2.14. The molecular formula is C48H53N3O3. The van der Waals surface area contributed by atoms with E-state index in [1.54, 1.807) is 12.4 Å². The van der Waals surface area contributed by atoms with E-state index in [4.69, 9.17) is 5.73 Å². The number of aromatic nitrogens is 2. The van der Waals surface area contributed by atoms with Crippen molar-refractivity contribution in [1.82, 2.24) is 9.97 Å². The zero-order valence-corrected chi connectivity index (χ0v) is 32.0. The van der Waals surface area contributed by atoms with Gasteiger partial charge >= 0.3 is 0 Å². The van der Waals surface area contributed by atoms with E-state index in [1.165, 1.54) is 16.7 Å². The first-order valence-corrected chi connectivity index (χ1v) is 18.5. The fourth-order valence-electron chi connectivity index (χ4n) is 5.47. The van der Waals surface area contributed by atoms with Crippen molar-refractivity contribution in [3.05, 3.63) is 203 Å². The second-order valence-corrected chi connectivity index (χ2v) is 13.2. The summed E-state index contributed by atoms with van der Waals surface area (Å²) in [6.07, 6.45) is 6.26. The predicted octanol–water partition coefficient (Wildman–Crippen LogP) is 10.1. The number of aryl methyl sites for hydroxylation is 2. The Bertz CT molecular complexity index is 1920. The molecule has 1 heterocycles. The fraction of sp³-hybridized carbons (Fsp3) is 0.229. The Hall–Kier alpha value is -6.01. The first-order chi connectivity index (χ1) is 26.1. The largest absolute Gasteiger partial charge is 0.369 e. The molecule has 0 aliphatic carbocycles. The minimum Gasteiger partial charge on any atom is -0.369 e. The SMILES string of the molecule is CCc1ccccc1.C[C@@H](CC(=O)Cc1ccccc1)c1ccccc1.Cc1cnc(C(=O)C[C@H](C)c2ccccc2)cn1.NC(=O)Cc1ccccc1. The second kappa shape index (κ2) is 24.3. The van der Waals surface area contributed by atoms with Crippen LogP contribution in [0.15, 0.2) is 164 Å². The molecule has 0 bridgehead atoms. The van der Waals surface area contributed by atoms with E-state index >= 15 is 0 Å². The van der Waals surface area contributed by atoms with Crippen molar-refractivity contribution in [2.24, 2.45) is 5.73 Å². The average Bonchev–Trinajstić information content (AvgIpc) is 3.20. The third-order valence-corrected chi connectivity index (χ3v) is 8.55. The van der Waals surface area contributed by atoms with Crippen molar-refractivity contribution >= 4 is 17.5 Å². The minimum absolute atomic E-state index is 0.0406. The fourth-order valence-corrected chi connectivity index (χ4v) is 5.47. The highest BCUT2D eigenvalue weighted by atomic mass is 16.1. The molecule has 0 spiro atoms. The van der Waals surface area contributed by atoms with Crippen LogP contribution in [0, 0.1) is 6.92 Å². The van der Waals surface area contributed by atoms with E-state index in [1.807, 2.05) is 122 Å². The molecule has 6 nitrogen and oxygen atoms in total. The Morgan fingerprint density at radius 1 is 0.537 bits per heavy atom. The Balaban J connectivity index is 0.000000204. The van der Waals surface area contributed by atoms with Gasteiger partial charge in [0.1, 0.15) is 11.5 Å². The van der Waals surface area contributed by atoms with Gasteiger partial charge in [0, 0.05) is 25.5 Å². The van der Waals surface area contributed by atoms with E-state index in [2.05, 4.69) is 67.1 Å². The molecule has 1 amide bonds. The number of nitrogens with zero attached hydrogens (tertiary/aromatic N) is 2. The standard InChI is InChI=1S/C17H18O.C15H16N2O.C8H9NO.C8H10/c1-14(16-10-6-3-7-11-16)12-17(18)13-15-8-4-2-5-9-15;1-11(13-6-4-3-5-7-13)8-15(18)14-10-16-12(2)9-17-14;9-8(10)6-7-4-2-1-3-5-7;1-2-8-6-4-3-5-7-8/h2-11,14H,12-13H2,1H3;3-7,9-11H,8H2,1-2H3;1-5H,6H2,(H2,9,10);3-7H,2H2,1H3/t14-;11-;;/m00../s1. The number of nitrogens with two attached hydrogens (primary N) is 1. The van der Waals surface area contributed by atoms with Crippen molar-refractivity contribution < 1.29 is 14.4 Å². The van der Waals surface area contributed by atoms with Gasteiger partial charge in [0.25, 0.3) is 0 Å². The van der Waals surface area contributed by atoms with Crippen molar-refractivity contribution in [2.75, 3.05) is 0 Å².